The van der Waals surface area contributed by atoms with E-state index in [0.717, 1.165) is 0 Å². The SMILES string of the molecule is CC(N)C(CO)NC(=O)OC(C)(C)C. The van der Waals surface area contributed by atoms with Gasteiger partial charge in [0.05, 0.1) is 12.6 Å². The summed E-state index contributed by atoms with van der Waals surface area (Å²) in [5, 5.41) is 11.4. The average Bonchev–Trinajstić information content (AvgIpc) is 1.96. The number of carbonyl (C=O) groups is 1. The van der Waals surface area contributed by atoms with E-state index in [4.69, 9.17) is 15.6 Å². The molecule has 0 bridgehead atoms. The minimum Gasteiger partial charge on any atom is -0.444 e. The van der Waals surface area contributed by atoms with Crippen LogP contribution < -0.4 is 11.1 Å². The van der Waals surface area contributed by atoms with Crippen LogP contribution in [0.4, 0.5) is 4.79 Å². The zero-order valence-corrected chi connectivity index (χ0v) is 9.20. The molecule has 0 aromatic heterocycles. The van der Waals surface area contributed by atoms with Crippen LogP contribution in [0.15, 0.2) is 0 Å². The van der Waals surface area contributed by atoms with Gasteiger partial charge in [0.1, 0.15) is 5.60 Å². The molecule has 5 heteroatoms. The van der Waals surface area contributed by atoms with Crippen molar-refractivity contribution >= 4 is 6.09 Å². The van der Waals surface area contributed by atoms with Gasteiger partial charge in [-0.3, -0.25) is 0 Å². The Balaban J connectivity index is 4.04. The van der Waals surface area contributed by atoms with Crippen LogP contribution in [0.1, 0.15) is 27.7 Å². The normalized spacial score (nSPS) is 15.9. The van der Waals surface area contributed by atoms with Gasteiger partial charge in [-0.15, -0.1) is 0 Å². The maximum atomic E-state index is 11.2. The molecule has 0 aliphatic heterocycles. The van der Waals surface area contributed by atoms with Gasteiger partial charge in [-0.25, -0.2) is 4.79 Å². The molecule has 2 atom stereocenters. The van der Waals surface area contributed by atoms with E-state index in [1.54, 1.807) is 27.7 Å². The highest BCUT2D eigenvalue weighted by Gasteiger charge is 2.20. The Morgan fingerprint density at radius 3 is 2.36 bits per heavy atom. The molecule has 0 fully saturated rings. The van der Waals surface area contributed by atoms with E-state index >= 15 is 0 Å². The molecule has 14 heavy (non-hydrogen) atoms. The molecular formula is C9H20N2O3. The summed E-state index contributed by atoms with van der Waals surface area (Å²) in [5.74, 6) is 0. The fourth-order valence-corrected chi connectivity index (χ4v) is 0.802. The first-order chi connectivity index (χ1) is 6.26. The highest BCUT2D eigenvalue weighted by molar-refractivity contribution is 5.68. The highest BCUT2D eigenvalue weighted by atomic mass is 16.6. The van der Waals surface area contributed by atoms with Crippen molar-refractivity contribution in [3.8, 4) is 0 Å². The van der Waals surface area contributed by atoms with E-state index in [0.29, 0.717) is 0 Å². The fraction of sp³-hybridized carbons (Fsp3) is 0.889. The zero-order chi connectivity index (χ0) is 11.4. The number of alkyl carbamates (subject to hydrolysis) is 1. The van der Waals surface area contributed by atoms with E-state index in [-0.39, 0.29) is 12.6 Å². The molecule has 1 amide bonds. The third-order valence-corrected chi connectivity index (χ3v) is 1.53. The maximum Gasteiger partial charge on any atom is 0.408 e. The van der Waals surface area contributed by atoms with Gasteiger partial charge in [-0.2, -0.15) is 0 Å². The van der Waals surface area contributed by atoms with E-state index < -0.39 is 17.7 Å². The summed E-state index contributed by atoms with van der Waals surface area (Å²) in [7, 11) is 0. The van der Waals surface area contributed by atoms with Crippen molar-refractivity contribution in [3.63, 3.8) is 0 Å². The lowest BCUT2D eigenvalue weighted by molar-refractivity contribution is 0.0474. The summed E-state index contributed by atoms with van der Waals surface area (Å²) in [4.78, 5) is 11.2. The molecule has 0 heterocycles. The zero-order valence-electron chi connectivity index (χ0n) is 9.20. The van der Waals surface area contributed by atoms with Gasteiger partial charge in [0, 0.05) is 6.04 Å². The van der Waals surface area contributed by atoms with Gasteiger partial charge >= 0.3 is 6.09 Å². The monoisotopic (exact) mass is 204 g/mol. The van der Waals surface area contributed by atoms with Crippen molar-refractivity contribution in [1.82, 2.24) is 5.32 Å². The molecule has 2 unspecified atom stereocenters. The summed E-state index contributed by atoms with van der Waals surface area (Å²) >= 11 is 0. The molecule has 0 radical (unpaired) electrons. The lowest BCUT2D eigenvalue weighted by Gasteiger charge is -2.24. The summed E-state index contributed by atoms with van der Waals surface area (Å²) in [6.07, 6.45) is -0.561. The lowest BCUT2D eigenvalue weighted by Crippen LogP contribution is -2.49. The second kappa shape index (κ2) is 5.17. The quantitative estimate of drug-likeness (QED) is 0.614. The van der Waals surface area contributed by atoms with Crippen molar-refractivity contribution in [2.24, 2.45) is 5.73 Å². The van der Waals surface area contributed by atoms with Crippen LogP contribution >= 0.6 is 0 Å². The Kier molecular flexibility index (Phi) is 4.87. The number of hydrogen-bond donors (Lipinski definition) is 3. The number of nitrogens with two attached hydrogens (primary N) is 1. The molecule has 0 aromatic rings. The van der Waals surface area contributed by atoms with Gasteiger partial charge in [0.15, 0.2) is 0 Å². The largest absolute Gasteiger partial charge is 0.444 e. The lowest BCUT2D eigenvalue weighted by atomic mass is 10.2. The van der Waals surface area contributed by atoms with Gasteiger partial charge in [0.25, 0.3) is 0 Å². The number of hydrogen-bond acceptors (Lipinski definition) is 4. The standard InChI is InChI=1S/C9H20N2O3/c1-6(10)7(5-12)11-8(13)14-9(2,3)4/h6-7,12H,5,10H2,1-4H3,(H,11,13). The minimum atomic E-state index is -0.561. The average molecular weight is 204 g/mol. The number of ether oxygens (including phenoxy) is 1. The van der Waals surface area contributed by atoms with E-state index in [2.05, 4.69) is 5.32 Å². The number of aliphatic hydroxyl groups excluding tert-OH is 1. The number of nitrogens with one attached hydrogen (secondary N) is 1. The van der Waals surface area contributed by atoms with Crippen LogP contribution in [-0.4, -0.2) is 35.5 Å². The molecular weight excluding hydrogens is 184 g/mol. The second-order valence-electron chi connectivity index (χ2n) is 4.29. The van der Waals surface area contributed by atoms with Crippen LogP contribution in [0.2, 0.25) is 0 Å². The topological polar surface area (TPSA) is 84.6 Å². The second-order valence-corrected chi connectivity index (χ2v) is 4.29. The molecule has 0 rings (SSSR count). The first-order valence-electron chi connectivity index (χ1n) is 4.62. The van der Waals surface area contributed by atoms with Crippen molar-refractivity contribution in [3.05, 3.63) is 0 Å². The molecule has 0 aliphatic rings. The Morgan fingerprint density at radius 1 is 1.57 bits per heavy atom. The predicted molar refractivity (Wildman–Crippen MR) is 53.9 cm³/mol. The third kappa shape index (κ3) is 5.77. The summed E-state index contributed by atoms with van der Waals surface area (Å²) in [6, 6.07) is -0.780. The smallest absolute Gasteiger partial charge is 0.408 e. The van der Waals surface area contributed by atoms with E-state index in [1.165, 1.54) is 0 Å². The van der Waals surface area contributed by atoms with Crippen LogP contribution in [0.5, 0.6) is 0 Å². The summed E-state index contributed by atoms with van der Waals surface area (Å²) in [6.45, 7) is 6.82. The summed E-state index contributed by atoms with van der Waals surface area (Å²) in [5.41, 5.74) is 4.99. The van der Waals surface area contributed by atoms with Crippen molar-refractivity contribution in [2.45, 2.75) is 45.4 Å². The molecule has 84 valence electrons. The van der Waals surface area contributed by atoms with Crippen LogP contribution in [-0.2, 0) is 4.74 Å². The number of rotatable bonds is 3. The molecule has 0 aromatic carbocycles. The Labute approximate surface area is 84.6 Å². The van der Waals surface area contributed by atoms with Crippen molar-refractivity contribution in [1.29, 1.82) is 0 Å². The molecule has 0 saturated carbocycles. The molecule has 0 spiro atoms. The van der Waals surface area contributed by atoms with Crippen LogP contribution in [0, 0.1) is 0 Å². The van der Waals surface area contributed by atoms with Crippen molar-refractivity contribution < 1.29 is 14.6 Å². The molecule has 4 N–H and O–H groups in total. The fourth-order valence-electron chi connectivity index (χ4n) is 0.802. The minimum absolute atomic E-state index is 0.198. The van der Waals surface area contributed by atoms with Gasteiger partial charge in [-0.1, -0.05) is 0 Å². The molecule has 0 aliphatic carbocycles. The van der Waals surface area contributed by atoms with Crippen LogP contribution in [0.3, 0.4) is 0 Å². The van der Waals surface area contributed by atoms with Gasteiger partial charge < -0.3 is 20.9 Å². The number of carbonyl (C=O) groups excluding carboxylic acids is 1. The van der Waals surface area contributed by atoms with E-state index in [9.17, 15) is 4.79 Å². The number of amides is 1. The Hall–Kier alpha value is -0.810. The van der Waals surface area contributed by atoms with Gasteiger partial charge in [0.2, 0.25) is 0 Å². The molecule has 0 saturated heterocycles. The molecule has 5 nitrogen and oxygen atoms in total. The number of aliphatic hydroxyl groups is 1. The van der Waals surface area contributed by atoms with Crippen molar-refractivity contribution in [2.75, 3.05) is 6.61 Å². The van der Waals surface area contributed by atoms with Gasteiger partial charge in [-0.05, 0) is 27.7 Å². The Morgan fingerprint density at radius 2 is 2.07 bits per heavy atom. The first-order valence-corrected chi connectivity index (χ1v) is 4.62. The highest BCUT2D eigenvalue weighted by Crippen LogP contribution is 2.06. The van der Waals surface area contributed by atoms with E-state index in [1.807, 2.05) is 0 Å². The predicted octanol–water partition coefficient (Wildman–Crippen LogP) is 0.219. The third-order valence-electron chi connectivity index (χ3n) is 1.53. The maximum absolute atomic E-state index is 11.2. The first kappa shape index (κ1) is 13.2. The Bertz CT molecular complexity index is 187. The summed E-state index contributed by atoms with van der Waals surface area (Å²) < 4.78 is 5.00. The van der Waals surface area contributed by atoms with Crippen LogP contribution in [0.25, 0.3) is 0 Å².